The number of hydrogen-bond donors (Lipinski definition) is 1. The highest BCUT2D eigenvalue weighted by Gasteiger charge is 2.17. The van der Waals surface area contributed by atoms with E-state index in [4.69, 9.17) is 14.6 Å². The first-order chi connectivity index (χ1) is 8.67. The lowest BCUT2D eigenvalue weighted by molar-refractivity contribution is -0.145. The third kappa shape index (κ3) is 4.75. The van der Waals surface area contributed by atoms with Gasteiger partial charge in [0.25, 0.3) is 0 Å². The van der Waals surface area contributed by atoms with Crippen LogP contribution < -0.4 is 4.74 Å². The van der Waals surface area contributed by atoms with Gasteiger partial charge in [0, 0.05) is 7.11 Å². The van der Waals surface area contributed by atoms with Crippen molar-refractivity contribution in [3.8, 4) is 5.75 Å². The summed E-state index contributed by atoms with van der Waals surface area (Å²) in [5, 5.41) is 8.99. The Morgan fingerprint density at radius 1 is 1.33 bits per heavy atom. The average Bonchev–Trinajstić information content (AvgIpc) is 2.37. The topological polar surface area (TPSA) is 55.8 Å². The SMILES string of the molecule is CCCC(Oc1ccc(CCOC)cc1)C(=O)O. The predicted octanol–water partition coefficient (Wildman–Crippen LogP) is 2.51. The molecule has 0 radical (unpaired) electrons. The molecule has 4 nitrogen and oxygen atoms in total. The Morgan fingerprint density at radius 2 is 2.00 bits per heavy atom. The fourth-order valence-electron chi connectivity index (χ4n) is 1.61. The lowest BCUT2D eigenvalue weighted by atomic mass is 10.1. The largest absolute Gasteiger partial charge is 0.479 e. The molecule has 0 aliphatic heterocycles. The predicted molar refractivity (Wildman–Crippen MR) is 69.0 cm³/mol. The van der Waals surface area contributed by atoms with Crippen LogP contribution in [-0.4, -0.2) is 30.9 Å². The van der Waals surface area contributed by atoms with Gasteiger partial charge in [-0.1, -0.05) is 25.5 Å². The van der Waals surface area contributed by atoms with Crippen LogP contribution in [0.5, 0.6) is 5.75 Å². The van der Waals surface area contributed by atoms with E-state index in [0.29, 0.717) is 18.8 Å². The molecule has 0 amide bonds. The van der Waals surface area contributed by atoms with Crippen LogP contribution in [0.4, 0.5) is 0 Å². The summed E-state index contributed by atoms with van der Waals surface area (Å²) in [5.41, 5.74) is 1.14. The first kappa shape index (κ1) is 14.5. The maximum atomic E-state index is 11.0. The van der Waals surface area contributed by atoms with Crippen molar-refractivity contribution in [3.05, 3.63) is 29.8 Å². The van der Waals surface area contributed by atoms with E-state index in [1.807, 2.05) is 19.1 Å². The Hall–Kier alpha value is -1.55. The van der Waals surface area contributed by atoms with Crippen LogP contribution in [0, 0.1) is 0 Å². The van der Waals surface area contributed by atoms with Crippen molar-refractivity contribution in [1.29, 1.82) is 0 Å². The summed E-state index contributed by atoms with van der Waals surface area (Å²) in [5.74, 6) is -0.322. The van der Waals surface area contributed by atoms with Crippen LogP contribution in [-0.2, 0) is 16.0 Å². The van der Waals surface area contributed by atoms with Crippen LogP contribution in [0.25, 0.3) is 0 Å². The monoisotopic (exact) mass is 252 g/mol. The molecule has 100 valence electrons. The van der Waals surface area contributed by atoms with Gasteiger partial charge in [0.1, 0.15) is 5.75 Å². The first-order valence-corrected chi connectivity index (χ1v) is 6.14. The van der Waals surface area contributed by atoms with E-state index in [9.17, 15) is 4.79 Å². The van der Waals surface area contributed by atoms with Crippen molar-refractivity contribution in [2.24, 2.45) is 0 Å². The van der Waals surface area contributed by atoms with Crippen LogP contribution in [0.1, 0.15) is 25.3 Å². The number of hydrogen-bond acceptors (Lipinski definition) is 3. The fourth-order valence-corrected chi connectivity index (χ4v) is 1.61. The second kappa shape index (κ2) is 7.71. The summed E-state index contributed by atoms with van der Waals surface area (Å²) >= 11 is 0. The summed E-state index contributed by atoms with van der Waals surface area (Å²) in [4.78, 5) is 11.0. The molecule has 0 saturated heterocycles. The minimum atomic E-state index is -0.916. The van der Waals surface area contributed by atoms with Crippen molar-refractivity contribution >= 4 is 5.97 Å². The van der Waals surface area contributed by atoms with E-state index in [2.05, 4.69) is 0 Å². The van der Waals surface area contributed by atoms with Crippen LogP contribution in [0.15, 0.2) is 24.3 Å². The highest BCUT2D eigenvalue weighted by Crippen LogP contribution is 2.16. The molecule has 0 aliphatic carbocycles. The highest BCUT2D eigenvalue weighted by atomic mass is 16.5. The van der Waals surface area contributed by atoms with Crippen molar-refractivity contribution in [2.75, 3.05) is 13.7 Å². The lowest BCUT2D eigenvalue weighted by Crippen LogP contribution is -2.26. The molecule has 1 atom stereocenters. The highest BCUT2D eigenvalue weighted by molar-refractivity contribution is 5.72. The van der Waals surface area contributed by atoms with Gasteiger partial charge in [-0.05, 0) is 30.5 Å². The second-order valence-corrected chi connectivity index (χ2v) is 4.12. The Morgan fingerprint density at radius 3 is 2.50 bits per heavy atom. The van der Waals surface area contributed by atoms with Crippen molar-refractivity contribution in [3.63, 3.8) is 0 Å². The third-order valence-electron chi connectivity index (χ3n) is 2.62. The quantitative estimate of drug-likeness (QED) is 0.772. The molecule has 0 bridgehead atoms. The van der Waals surface area contributed by atoms with Crippen molar-refractivity contribution in [2.45, 2.75) is 32.3 Å². The van der Waals surface area contributed by atoms with E-state index < -0.39 is 12.1 Å². The Kier molecular flexibility index (Phi) is 6.22. The molecule has 1 N–H and O–H groups in total. The van der Waals surface area contributed by atoms with Gasteiger partial charge in [-0.15, -0.1) is 0 Å². The zero-order valence-corrected chi connectivity index (χ0v) is 10.9. The average molecular weight is 252 g/mol. The molecule has 0 aliphatic rings. The van der Waals surface area contributed by atoms with E-state index >= 15 is 0 Å². The van der Waals surface area contributed by atoms with Crippen molar-refractivity contribution in [1.82, 2.24) is 0 Å². The van der Waals surface area contributed by atoms with Gasteiger partial charge < -0.3 is 14.6 Å². The van der Waals surface area contributed by atoms with Crippen molar-refractivity contribution < 1.29 is 19.4 Å². The smallest absolute Gasteiger partial charge is 0.344 e. The van der Waals surface area contributed by atoms with Gasteiger partial charge in [0.2, 0.25) is 0 Å². The van der Waals surface area contributed by atoms with E-state index in [1.54, 1.807) is 19.2 Å². The van der Waals surface area contributed by atoms with Gasteiger partial charge >= 0.3 is 5.97 Å². The summed E-state index contributed by atoms with van der Waals surface area (Å²) in [6.45, 7) is 2.61. The summed E-state index contributed by atoms with van der Waals surface area (Å²) in [6.07, 6.45) is 1.37. The molecule has 1 aromatic rings. The molecule has 0 aromatic heterocycles. The Balaban J connectivity index is 2.58. The van der Waals surface area contributed by atoms with Crippen LogP contribution in [0.3, 0.4) is 0 Å². The van der Waals surface area contributed by atoms with E-state index in [0.717, 1.165) is 18.4 Å². The van der Waals surface area contributed by atoms with Crippen LogP contribution in [0.2, 0.25) is 0 Å². The van der Waals surface area contributed by atoms with Gasteiger partial charge in [0.05, 0.1) is 6.61 Å². The second-order valence-electron chi connectivity index (χ2n) is 4.12. The number of ether oxygens (including phenoxy) is 2. The molecule has 1 unspecified atom stereocenters. The molecular formula is C14H20O4. The fraction of sp³-hybridized carbons (Fsp3) is 0.500. The van der Waals surface area contributed by atoms with Gasteiger partial charge in [-0.25, -0.2) is 4.79 Å². The first-order valence-electron chi connectivity index (χ1n) is 6.14. The van der Waals surface area contributed by atoms with E-state index in [-0.39, 0.29) is 0 Å². The molecule has 0 spiro atoms. The number of benzene rings is 1. The minimum Gasteiger partial charge on any atom is -0.479 e. The number of aliphatic carboxylic acids is 1. The summed E-state index contributed by atoms with van der Waals surface area (Å²) in [7, 11) is 1.67. The molecule has 1 aromatic carbocycles. The minimum absolute atomic E-state index is 0.515. The third-order valence-corrected chi connectivity index (χ3v) is 2.62. The van der Waals surface area contributed by atoms with Crippen LogP contribution >= 0.6 is 0 Å². The van der Waals surface area contributed by atoms with Gasteiger partial charge in [-0.3, -0.25) is 0 Å². The maximum absolute atomic E-state index is 11.0. The molecule has 4 heteroatoms. The van der Waals surface area contributed by atoms with E-state index in [1.165, 1.54) is 0 Å². The number of methoxy groups -OCH3 is 1. The lowest BCUT2D eigenvalue weighted by Gasteiger charge is -2.14. The summed E-state index contributed by atoms with van der Waals surface area (Å²) in [6, 6.07) is 7.46. The molecule has 0 heterocycles. The number of carboxylic acid groups (broad SMARTS) is 1. The maximum Gasteiger partial charge on any atom is 0.344 e. The summed E-state index contributed by atoms with van der Waals surface area (Å²) < 4.78 is 10.4. The number of rotatable bonds is 8. The molecule has 18 heavy (non-hydrogen) atoms. The zero-order valence-electron chi connectivity index (χ0n) is 10.9. The zero-order chi connectivity index (χ0) is 13.4. The number of carboxylic acids is 1. The number of carbonyl (C=O) groups is 1. The molecular weight excluding hydrogens is 232 g/mol. The van der Waals surface area contributed by atoms with Gasteiger partial charge in [0.15, 0.2) is 6.10 Å². The standard InChI is InChI=1S/C14H20O4/c1-3-4-13(14(15)16)18-12-7-5-11(6-8-12)9-10-17-2/h5-8,13H,3-4,9-10H2,1-2H3,(H,15,16). The molecule has 0 fully saturated rings. The Bertz CT molecular complexity index is 359. The molecule has 1 rings (SSSR count). The Labute approximate surface area is 108 Å². The normalized spacial score (nSPS) is 12.1. The van der Waals surface area contributed by atoms with Gasteiger partial charge in [-0.2, -0.15) is 0 Å². The molecule has 0 saturated carbocycles.